The molecule has 0 radical (unpaired) electrons. The smallest absolute Gasteiger partial charge is 0.230 e. The minimum Gasteiger partial charge on any atom is -0.360 e. The molecule has 1 aromatic heterocycles. The van der Waals surface area contributed by atoms with Crippen LogP contribution in [0.5, 0.6) is 0 Å². The molecule has 5 rings (SSSR count). The molecule has 2 amide bonds. The summed E-state index contributed by atoms with van der Waals surface area (Å²) in [5.74, 6) is -0.797. The second-order valence-corrected chi connectivity index (χ2v) is 7.88. The van der Waals surface area contributed by atoms with Crippen molar-refractivity contribution in [3.63, 3.8) is 0 Å². The van der Waals surface area contributed by atoms with E-state index in [1.807, 2.05) is 29.2 Å². The second kappa shape index (κ2) is 5.91. The molecule has 1 saturated carbocycles. The van der Waals surface area contributed by atoms with Gasteiger partial charge >= 0.3 is 0 Å². The molecule has 2 bridgehead atoms. The molecule has 0 aromatic carbocycles. The number of likely N-dealkylation sites (tertiary alicyclic amines) is 1. The van der Waals surface area contributed by atoms with Crippen LogP contribution in [0, 0.1) is 11.8 Å². The number of pyridine rings is 1. The highest BCUT2D eigenvalue weighted by atomic mass is 16.5. The fraction of sp³-hybridized carbons (Fsp3) is 0.550. The number of ether oxygens (including phenoxy) is 1. The largest absolute Gasteiger partial charge is 0.360 e. The summed E-state index contributed by atoms with van der Waals surface area (Å²) in [7, 11) is 0. The van der Waals surface area contributed by atoms with E-state index in [1.165, 1.54) is 12.8 Å². The van der Waals surface area contributed by atoms with Gasteiger partial charge in [0, 0.05) is 25.0 Å². The SMILES string of the molecule is O=C(NCc1ccncc1)C1C2C=CC3(CN(C4CCCC4)C(=O)C13)O2. The molecule has 4 atom stereocenters. The number of aromatic nitrogens is 1. The van der Waals surface area contributed by atoms with Crippen LogP contribution < -0.4 is 5.32 Å². The molecule has 1 spiro atoms. The van der Waals surface area contributed by atoms with E-state index < -0.39 is 11.5 Å². The van der Waals surface area contributed by atoms with Crippen LogP contribution in [0.1, 0.15) is 31.2 Å². The van der Waals surface area contributed by atoms with Crippen molar-refractivity contribution in [1.29, 1.82) is 0 Å². The molecule has 6 nitrogen and oxygen atoms in total. The molecule has 4 heterocycles. The van der Waals surface area contributed by atoms with E-state index in [-0.39, 0.29) is 23.8 Å². The van der Waals surface area contributed by atoms with Gasteiger partial charge in [0.15, 0.2) is 0 Å². The zero-order valence-corrected chi connectivity index (χ0v) is 14.6. The molecular weight excluding hydrogens is 330 g/mol. The van der Waals surface area contributed by atoms with Crippen LogP contribution in [-0.2, 0) is 20.9 Å². The summed E-state index contributed by atoms with van der Waals surface area (Å²) < 4.78 is 6.19. The van der Waals surface area contributed by atoms with Crippen LogP contribution >= 0.6 is 0 Å². The molecular formula is C20H23N3O3. The zero-order valence-electron chi connectivity index (χ0n) is 14.6. The molecule has 3 fully saturated rings. The van der Waals surface area contributed by atoms with Crippen molar-refractivity contribution >= 4 is 11.8 Å². The van der Waals surface area contributed by atoms with Gasteiger partial charge in [-0.1, -0.05) is 25.0 Å². The Morgan fingerprint density at radius 1 is 1.31 bits per heavy atom. The molecule has 136 valence electrons. The van der Waals surface area contributed by atoms with E-state index in [2.05, 4.69) is 10.3 Å². The summed E-state index contributed by atoms with van der Waals surface area (Å²) in [5, 5.41) is 2.99. The molecule has 6 heteroatoms. The van der Waals surface area contributed by atoms with Crippen LogP contribution in [0.2, 0.25) is 0 Å². The Labute approximate surface area is 152 Å². The monoisotopic (exact) mass is 353 g/mol. The van der Waals surface area contributed by atoms with Crippen molar-refractivity contribution in [2.75, 3.05) is 6.54 Å². The van der Waals surface area contributed by atoms with Gasteiger partial charge in [-0.05, 0) is 30.5 Å². The highest BCUT2D eigenvalue weighted by Crippen LogP contribution is 2.52. The van der Waals surface area contributed by atoms with Gasteiger partial charge in [0.2, 0.25) is 11.8 Å². The lowest BCUT2D eigenvalue weighted by molar-refractivity contribution is -0.138. The number of fused-ring (bicyclic) bond motifs is 1. The fourth-order valence-electron chi connectivity index (χ4n) is 5.16. The highest BCUT2D eigenvalue weighted by Gasteiger charge is 2.67. The normalized spacial score (nSPS) is 35.3. The number of hydrogen-bond donors (Lipinski definition) is 1. The number of nitrogens with zero attached hydrogens (tertiary/aromatic N) is 2. The van der Waals surface area contributed by atoms with E-state index >= 15 is 0 Å². The molecule has 4 unspecified atom stereocenters. The summed E-state index contributed by atoms with van der Waals surface area (Å²) in [4.78, 5) is 32.1. The van der Waals surface area contributed by atoms with E-state index in [9.17, 15) is 9.59 Å². The van der Waals surface area contributed by atoms with Gasteiger partial charge in [0.25, 0.3) is 0 Å². The predicted molar refractivity (Wildman–Crippen MR) is 93.8 cm³/mol. The first-order chi connectivity index (χ1) is 12.7. The van der Waals surface area contributed by atoms with Crippen LogP contribution in [0.4, 0.5) is 0 Å². The van der Waals surface area contributed by atoms with Gasteiger partial charge in [-0.15, -0.1) is 0 Å². The van der Waals surface area contributed by atoms with E-state index in [1.54, 1.807) is 12.4 Å². The summed E-state index contributed by atoms with van der Waals surface area (Å²) >= 11 is 0. The molecule has 1 aromatic rings. The lowest BCUT2D eigenvalue weighted by Crippen LogP contribution is -2.44. The minimum atomic E-state index is -0.594. The maximum atomic E-state index is 13.2. The predicted octanol–water partition coefficient (Wildman–Crippen LogP) is 1.42. The number of hydrogen-bond acceptors (Lipinski definition) is 4. The van der Waals surface area contributed by atoms with Crippen molar-refractivity contribution in [3.05, 3.63) is 42.2 Å². The first-order valence-electron chi connectivity index (χ1n) is 9.52. The first kappa shape index (κ1) is 16.0. The third kappa shape index (κ3) is 2.31. The number of amides is 2. The van der Waals surface area contributed by atoms with Gasteiger partial charge in [0.1, 0.15) is 5.60 Å². The van der Waals surface area contributed by atoms with Crippen LogP contribution in [0.3, 0.4) is 0 Å². The Kier molecular flexibility index (Phi) is 3.64. The van der Waals surface area contributed by atoms with Gasteiger partial charge in [-0.2, -0.15) is 0 Å². The summed E-state index contributed by atoms with van der Waals surface area (Å²) in [6, 6.07) is 4.07. The number of rotatable bonds is 4. The molecule has 1 aliphatic carbocycles. The van der Waals surface area contributed by atoms with Crippen molar-refractivity contribution in [3.8, 4) is 0 Å². The van der Waals surface area contributed by atoms with Crippen molar-refractivity contribution in [2.45, 2.75) is 50.0 Å². The molecule has 26 heavy (non-hydrogen) atoms. The van der Waals surface area contributed by atoms with E-state index in [0.717, 1.165) is 18.4 Å². The molecule has 3 aliphatic heterocycles. The minimum absolute atomic E-state index is 0.0929. The van der Waals surface area contributed by atoms with Gasteiger partial charge in [-0.3, -0.25) is 14.6 Å². The van der Waals surface area contributed by atoms with Crippen molar-refractivity contribution < 1.29 is 14.3 Å². The van der Waals surface area contributed by atoms with E-state index in [4.69, 9.17) is 4.74 Å². The standard InChI is InChI=1S/C20H23N3O3/c24-18(22-11-13-6-9-21-10-7-13)16-15-5-8-20(26-15)12-23(19(25)17(16)20)14-3-1-2-4-14/h5-10,14-17H,1-4,11-12H2,(H,22,24). The Morgan fingerprint density at radius 3 is 2.85 bits per heavy atom. The summed E-state index contributed by atoms with van der Waals surface area (Å²) in [5.41, 5.74) is 0.399. The molecule has 1 N–H and O–H groups in total. The Hall–Kier alpha value is -2.21. The van der Waals surface area contributed by atoms with Gasteiger partial charge in [0.05, 0.1) is 24.5 Å². The number of carbonyl (C=O) groups excluding carboxylic acids is 2. The Morgan fingerprint density at radius 2 is 2.08 bits per heavy atom. The van der Waals surface area contributed by atoms with Crippen molar-refractivity contribution in [1.82, 2.24) is 15.2 Å². The van der Waals surface area contributed by atoms with Gasteiger partial charge < -0.3 is 15.0 Å². The summed E-state index contributed by atoms with van der Waals surface area (Å²) in [6.07, 6.45) is 11.6. The summed E-state index contributed by atoms with van der Waals surface area (Å²) in [6.45, 7) is 1.04. The topological polar surface area (TPSA) is 71.5 Å². The third-order valence-corrected chi connectivity index (χ3v) is 6.41. The maximum absolute atomic E-state index is 13.2. The van der Waals surface area contributed by atoms with Gasteiger partial charge in [-0.25, -0.2) is 0 Å². The third-order valence-electron chi connectivity index (χ3n) is 6.41. The highest BCUT2D eigenvalue weighted by molar-refractivity contribution is 5.93. The van der Waals surface area contributed by atoms with Crippen molar-refractivity contribution in [2.24, 2.45) is 11.8 Å². The lowest BCUT2D eigenvalue weighted by Gasteiger charge is -2.27. The first-order valence-corrected chi connectivity index (χ1v) is 9.52. The second-order valence-electron chi connectivity index (χ2n) is 7.88. The fourth-order valence-corrected chi connectivity index (χ4v) is 5.16. The average Bonchev–Trinajstić information content (AvgIpc) is 3.42. The lowest BCUT2D eigenvalue weighted by atomic mass is 9.77. The van der Waals surface area contributed by atoms with Crippen LogP contribution in [0.25, 0.3) is 0 Å². The molecule has 2 saturated heterocycles. The number of nitrogens with one attached hydrogen (secondary N) is 1. The quantitative estimate of drug-likeness (QED) is 0.831. The average molecular weight is 353 g/mol. The maximum Gasteiger partial charge on any atom is 0.230 e. The van der Waals surface area contributed by atoms with Crippen LogP contribution in [0.15, 0.2) is 36.7 Å². The Bertz CT molecular complexity index is 759. The molecule has 4 aliphatic rings. The Balaban J connectivity index is 1.34. The number of carbonyl (C=O) groups is 2. The van der Waals surface area contributed by atoms with Crippen LogP contribution in [-0.4, -0.2) is 46.0 Å². The van der Waals surface area contributed by atoms with E-state index in [0.29, 0.717) is 19.1 Å². The zero-order chi connectivity index (χ0) is 17.7.